The number of hydrogen-bond donors (Lipinski definition) is 1. The van der Waals surface area contributed by atoms with Crippen LogP contribution in [-0.4, -0.2) is 25.1 Å². The van der Waals surface area contributed by atoms with Crippen molar-refractivity contribution >= 4 is 29.1 Å². The molecule has 0 radical (unpaired) electrons. The maximum absolute atomic E-state index is 14.2. The van der Waals surface area contributed by atoms with Crippen LogP contribution < -0.4 is 19.9 Å². The first-order valence-corrected chi connectivity index (χ1v) is 16.1. The molecule has 0 fully saturated rings. The summed E-state index contributed by atoms with van der Waals surface area (Å²) in [5.74, 6) is 0.803. The Balaban J connectivity index is 1.39. The molecule has 7 nitrogen and oxygen atoms in total. The van der Waals surface area contributed by atoms with Crippen molar-refractivity contribution in [3.8, 4) is 11.5 Å². The normalized spacial score (nSPS) is 15.6. The molecule has 2 heterocycles. The molecule has 0 aromatic heterocycles. The number of urea groups is 1. The first kappa shape index (κ1) is 30.1. The summed E-state index contributed by atoms with van der Waals surface area (Å²) in [4.78, 5) is 31.7. The number of ether oxygens (including phenoxy) is 2. The number of anilines is 3. The molecule has 1 N–H and O–H groups in total. The maximum Gasteiger partial charge on any atom is 0.340 e. The monoisotopic (exact) mass is 623 g/mol. The summed E-state index contributed by atoms with van der Waals surface area (Å²) in [6, 6.07) is 34.9. The van der Waals surface area contributed by atoms with Gasteiger partial charge in [-0.15, -0.1) is 0 Å². The summed E-state index contributed by atoms with van der Waals surface area (Å²) < 4.78 is 13.1. The number of nitrogens with zero attached hydrogens (tertiary/aromatic N) is 2. The lowest BCUT2D eigenvalue weighted by Crippen LogP contribution is -2.36. The van der Waals surface area contributed by atoms with Crippen LogP contribution in [0.25, 0.3) is 0 Å². The van der Waals surface area contributed by atoms with Gasteiger partial charge in [0.1, 0.15) is 11.5 Å². The minimum atomic E-state index is -1.25. The van der Waals surface area contributed by atoms with Crippen LogP contribution in [0.3, 0.4) is 0 Å². The Bertz CT molecular complexity index is 1980. The van der Waals surface area contributed by atoms with Gasteiger partial charge in [0.05, 0.1) is 12.1 Å². The van der Waals surface area contributed by atoms with Crippen LogP contribution >= 0.6 is 0 Å². The second-order valence-electron chi connectivity index (χ2n) is 12.0. The molecule has 1 spiro atoms. The smallest absolute Gasteiger partial charge is 0.340 e. The fourth-order valence-electron chi connectivity index (χ4n) is 6.83. The topological polar surface area (TPSA) is 71.1 Å². The summed E-state index contributed by atoms with van der Waals surface area (Å²) >= 11 is 0. The van der Waals surface area contributed by atoms with E-state index < -0.39 is 11.6 Å². The molecule has 1 atom stereocenters. The van der Waals surface area contributed by atoms with Gasteiger partial charge < -0.3 is 19.7 Å². The summed E-state index contributed by atoms with van der Waals surface area (Å²) in [5, 5.41) is 3.17. The van der Waals surface area contributed by atoms with Crippen molar-refractivity contribution < 1.29 is 19.1 Å². The Morgan fingerprint density at radius 3 is 2.17 bits per heavy atom. The molecule has 2 amide bonds. The molecule has 47 heavy (non-hydrogen) atoms. The molecule has 2 aliphatic rings. The second kappa shape index (κ2) is 12.0. The third-order valence-electron chi connectivity index (χ3n) is 9.26. The summed E-state index contributed by atoms with van der Waals surface area (Å²) in [6.07, 6.45) is 0. The largest absolute Gasteiger partial charge is 0.456 e. The van der Waals surface area contributed by atoms with Crippen molar-refractivity contribution in [1.82, 2.24) is 0 Å². The van der Waals surface area contributed by atoms with Crippen LogP contribution in [0.4, 0.5) is 21.9 Å². The third kappa shape index (κ3) is 5.08. The summed E-state index contributed by atoms with van der Waals surface area (Å²) in [7, 11) is 0. The van der Waals surface area contributed by atoms with Gasteiger partial charge in [-0.2, -0.15) is 0 Å². The fourth-order valence-corrected chi connectivity index (χ4v) is 6.83. The van der Waals surface area contributed by atoms with E-state index in [0.29, 0.717) is 34.9 Å². The quantitative estimate of drug-likeness (QED) is 0.183. The van der Waals surface area contributed by atoms with E-state index in [9.17, 15) is 9.59 Å². The molecule has 1 unspecified atom stereocenters. The molecule has 2 aliphatic heterocycles. The highest BCUT2D eigenvalue weighted by Gasteiger charge is 2.53. The Kier molecular flexibility index (Phi) is 7.68. The van der Waals surface area contributed by atoms with Crippen LogP contribution in [0.2, 0.25) is 0 Å². The highest BCUT2D eigenvalue weighted by atomic mass is 16.6. The zero-order valence-electron chi connectivity index (χ0n) is 27.0. The number of nitrogens with one attached hydrogen (secondary N) is 1. The molecule has 0 saturated carbocycles. The lowest BCUT2D eigenvalue weighted by atomic mass is 9.77. The van der Waals surface area contributed by atoms with Crippen molar-refractivity contribution in [3.05, 3.63) is 148 Å². The first-order chi connectivity index (χ1) is 22.8. The number of esters is 1. The van der Waals surface area contributed by atoms with E-state index in [0.717, 1.165) is 52.3 Å². The zero-order valence-corrected chi connectivity index (χ0v) is 27.0. The average molecular weight is 624 g/mol. The minimum Gasteiger partial charge on any atom is -0.456 e. The molecule has 5 aromatic rings. The number of fused-ring (bicyclic) bond motifs is 6. The molecule has 236 valence electrons. The van der Waals surface area contributed by atoms with E-state index in [-0.39, 0.29) is 6.03 Å². The standard InChI is InChI=1S/C40H37N3O4/c1-5-42(6-2)29-19-21-33-36(24-29)46-35-22-20-30(23-34(35)40(33)32-18-11-10-17-31(32)38(44)47-40)43(25-28-15-8-7-9-16-28)39(45)41-37-26(3)13-12-14-27(37)4/h7-24H,5-6,25H2,1-4H3,(H,41,45). The maximum atomic E-state index is 14.2. The van der Waals surface area contributed by atoms with E-state index >= 15 is 0 Å². The third-order valence-corrected chi connectivity index (χ3v) is 9.26. The predicted molar refractivity (Wildman–Crippen MR) is 186 cm³/mol. The van der Waals surface area contributed by atoms with E-state index in [1.807, 2.05) is 111 Å². The molecule has 5 aromatic carbocycles. The Morgan fingerprint density at radius 1 is 0.723 bits per heavy atom. The Labute approximate surface area is 275 Å². The molecular formula is C40H37N3O4. The number of para-hydroxylation sites is 1. The van der Waals surface area contributed by atoms with E-state index in [2.05, 4.69) is 30.1 Å². The average Bonchev–Trinajstić information content (AvgIpc) is 3.38. The van der Waals surface area contributed by atoms with Crippen LogP contribution in [0.5, 0.6) is 11.5 Å². The van der Waals surface area contributed by atoms with Crippen molar-refractivity contribution in [3.63, 3.8) is 0 Å². The zero-order chi connectivity index (χ0) is 32.7. The molecule has 7 rings (SSSR count). The predicted octanol–water partition coefficient (Wildman–Crippen LogP) is 8.96. The van der Waals surface area contributed by atoms with Gasteiger partial charge >= 0.3 is 12.0 Å². The van der Waals surface area contributed by atoms with Gasteiger partial charge in [-0.05, 0) is 80.8 Å². The van der Waals surface area contributed by atoms with E-state index in [1.165, 1.54) is 0 Å². The lowest BCUT2D eigenvalue weighted by molar-refractivity contribution is 0.0224. The number of aryl methyl sites for hydroxylation is 2. The van der Waals surface area contributed by atoms with Gasteiger partial charge in [0.25, 0.3) is 0 Å². The Hall–Kier alpha value is -5.56. The number of hydrogen-bond acceptors (Lipinski definition) is 5. The van der Waals surface area contributed by atoms with Crippen LogP contribution in [0.15, 0.2) is 109 Å². The molecular weight excluding hydrogens is 586 g/mol. The number of rotatable bonds is 7. The number of amides is 2. The number of carbonyl (C=O) groups is 2. The van der Waals surface area contributed by atoms with Crippen LogP contribution in [0.1, 0.15) is 57.6 Å². The Morgan fingerprint density at radius 2 is 1.43 bits per heavy atom. The minimum absolute atomic E-state index is 0.273. The van der Waals surface area contributed by atoms with E-state index in [1.54, 1.807) is 11.0 Å². The van der Waals surface area contributed by atoms with Gasteiger partial charge in [0.15, 0.2) is 5.60 Å². The van der Waals surface area contributed by atoms with Crippen molar-refractivity contribution in [1.29, 1.82) is 0 Å². The lowest BCUT2D eigenvalue weighted by Gasteiger charge is -2.38. The van der Waals surface area contributed by atoms with Crippen molar-refractivity contribution in [2.24, 2.45) is 0 Å². The highest BCUT2D eigenvalue weighted by Crippen LogP contribution is 2.57. The first-order valence-electron chi connectivity index (χ1n) is 16.1. The highest BCUT2D eigenvalue weighted by molar-refractivity contribution is 6.03. The summed E-state index contributed by atoms with van der Waals surface area (Å²) in [5.41, 5.74) is 6.79. The van der Waals surface area contributed by atoms with Gasteiger partial charge in [0, 0.05) is 52.9 Å². The number of carbonyl (C=O) groups excluding carboxylic acids is 2. The van der Waals surface area contributed by atoms with Gasteiger partial charge in [-0.3, -0.25) is 4.90 Å². The molecule has 7 heteroatoms. The van der Waals surface area contributed by atoms with Crippen molar-refractivity contribution in [2.75, 3.05) is 28.2 Å². The SMILES string of the molecule is CCN(CC)c1ccc2c(c1)Oc1ccc(N(Cc3ccccc3)C(=O)Nc3c(C)cccc3C)cc1C21OC(=O)c2ccccc21. The molecule has 0 aliphatic carbocycles. The van der Waals surface area contributed by atoms with Crippen molar-refractivity contribution in [2.45, 2.75) is 39.8 Å². The van der Waals surface area contributed by atoms with Gasteiger partial charge in [-0.1, -0.05) is 66.7 Å². The summed E-state index contributed by atoms with van der Waals surface area (Å²) in [6.45, 7) is 10.2. The van der Waals surface area contributed by atoms with Gasteiger partial charge in [0.2, 0.25) is 0 Å². The number of benzene rings is 5. The molecule has 0 saturated heterocycles. The fraction of sp³-hybridized carbons (Fsp3) is 0.200. The van der Waals surface area contributed by atoms with Gasteiger partial charge in [-0.25, -0.2) is 9.59 Å². The van der Waals surface area contributed by atoms with E-state index in [4.69, 9.17) is 9.47 Å². The molecule has 0 bridgehead atoms. The van der Waals surface area contributed by atoms with Crippen LogP contribution in [0, 0.1) is 13.8 Å². The second-order valence-corrected chi connectivity index (χ2v) is 12.0. The van der Waals surface area contributed by atoms with Crippen LogP contribution in [-0.2, 0) is 16.9 Å².